The summed E-state index contributed by atoms with van der Waals surface area (Å²) in [5, 5.41) is 0.890. The molecule has 3 rings (SSSR count). The van der Waals surface area contributed by atoms with E-state index in [0.717, 1.165) is 35.9 Å². The predicted molar refractivity (Wildman–Crippen MR) is 89.5 cm³/mol. The van der Waals surface area contributed by atoms with Crippen LogP contribution in [0.3, 0.4) is 0 Å². The molecule has 0 unspecified atom stereocenters. The van der Waals surface area contributed by atoms with Crippen LogP contribution in [0.2, 0.25) is 0 Å². The zero-order valence-electron chi connectivity index (χ0n) is 13.1. The molecule has 0 spiro atoms. The molecule has 22 heavy (non-hydrogen) atoms. The van der Waals surface area contributed by atoms with E-state index in [4.69, 9.17) is 0 Å². The van der Waals surface area contributed by atoms with Gasteiger partial charge in [0.2, 0.25) is 0 Å². The van der Waals surface area contributed by atoms with E-state index in [9.17, 15) is 8.42 Å². The number of aromatic nitrogens is 1. The lowest BCUT2D eigenvalue weighted by Gasteiger charge is -2.28. The summed E-state index contributed by atoms with van der Waals surface area (Å²) in [4.78, 5) is 6.83. The molecule has 0 bridgehead atoms. The van der Waals surface area contributed by atoms with Gasteiger partial charge in [0.15, 0.2) is 9.84 Å². The average Bonchev–Trinajstić information content (AvgIpc) is 2.97. The van der Waals surface area contributed by atoms with Gasteiger partial charge in [-0.3, -0.25) is 9.88 Å². The van der Waals surface area contributed by atoms with Crippen LogP contribution in [0.15, 0.2) is 36.4 Å². The Bertz CT molecular complexity index is 773. The van der Waals surface area contributed by atoms with Crippen molar-refractivity contribution in [3.05, 3.63) is 42.1 Å². The summed E-state index contributed by atoms with van der Waals surface area (Å²) in [5.74, 6) is 0. The first-order valence-corrected chi connectivity index (χ1v) is 9.64. The fraction of sp³-hybridized carbons (Fsp3) is 0.471. The van der Waals surface area contributed by atoms with Crippen molar-refractivity contribution in [2.45, 2.75) is 37.1 Å². The van der Waals surface area contributed by atoms with Crippen molar-refractivity contribution in [2.75, 3.05) is 13.3 Å². The van der Waals surface area contributed by atoms with E-state index < -0.39 is 9.84 Å². The van der Waals surface area contributed by atoms with Crippen LogP contribution in [0.4, 0.5) is 0 Å². The molecule has 0 N–H and O–H groups in total. The highest BCUT2D eigenvalue weighted by Crippen LogP contribution is 2.29. The minimum absolute atomic E-state index is 0.100. The van der Waals surface area contributed by atoms with Gasteiger partial charge < -0.3 is 0 Å². The van der Waals surface area contributed by atoms with Crippen molar-refractivity contribution < 1.29 is 8.42 Å². The van der Waals surface area contributed by atoms with Gasteiger partial charge in [-0.15, -0.1) is 0 Å². The van der Waals surface area contributed by atoms with Crippen LogP contribution in [0.1, 0.15) is 25.0 Å². The van der Waals surface area contributed by atoms with Crippen molar-refractivity contribution in [1.82, 2.24) is 9.88 Å². The second kappa shape index (κ2) is 5.97. The summed E-state index contributed by atoms with van der Waals surface area (Å²) < 4.78 is 23.9. The van der Waals surface area contributed by atoms with Crippen molar-refractivity contribution in [3.8, 4) is 0 Å². The van der Waals surface area contributed by atoms with Gasteiger partial charge in [-0.25, -0.2) is 8.42 Å². The number of sulfone groups is 1. The fourth-order valence-electron chi connectivity index (χ4n) is 3.48. The third-order valence-electron chi connectivity index (χ3n) is 4.60. The SMILES string of the molecule is CN(Cc1ccc2ccccc2n1)[C@H]1CCC[C@H]1S(C)(=O)=O. The first-order chi connectivity index (χ1) is 10.4. The van der Waals surface area contributed by atoms with Crippen LogP contribution in [-0.2, 0) is 16.4 Å². The first-order valence-electron chi connectivity index (χ1n) is 7.69. The molecule has 0 amide bonds. The summed E-state index contributed by atoms with van der Waals surface area (Å²) in [6, 6.07) is 12.3. The van der Waals surface area contributed by atoms with Gasteiger partial charge in [-0.1, -0.05) is 30.7 Å². The van der Waals surface area contributed by atoms with E-state index in [2.05, 4.69) is 16.0 Å². The summed E-state index contributed by atoms with van der Waals surface area (Å²) >= 11 is 0. The van der Waals surface area contributed by atoms with E-state index in [-0.39, 0.29) is 11.3 Å². The number of rotatable bonds is 4. The molecule has 4 nitrogen and oxygen atoms in total. The molecule has 118 valence electrons. The Morgan fingerprint density at radius 2 is 1.95 bits per heavy atom. The smallest absolute Gasteiger partial charge is 0.151 e. The summed E-state index contributed by atoms with van der Waals surface area (Å²) in [6.07, 6.45) is 4.07. The summed E-state index contributed by atoms with van der Waals surface area (Å²) in [6.45, 7) is 0.682. The average molecular weight is 318 g/mol. The zero-order valence-corrected chi connectivity index (χ0v) is 13.9. The van der Waals surface area contributed by atoms with E-state index in [1.165, 1.54) is 6.26 Å². The topological polar surface area (TPSA) is 50.3 Å². The molecular formula is C17H22N2O2S. The lowest BCUT2D eigenvalue weighted by atomic mass is 10.2. The monoisotopic (exact) mass is 318 g/mol. The van der Waals surface area contributed by atoms with Crippen LogP contribution in [-0.4, -0.2) is 42.9 Å². The Morgan fingerprint density at radius 1 is 1.18 bits per heavy atom. The maximum atomic E-state index is 11.9. The maximum absolute atomic E-state index is 11.9. The summed E-state index contributed by atoms with van der Waals surface area (Å²) in [7, 11) is -0.981. The van der Waals surface area contributed by atoms with Crippen molar-refractivity contribution in [2.24, 2.45) is 0 Å². The molecule has 1 aromatic heterocycles. The van der Waals surface area contributed by atoms with Crippen LogP contribution in [0.25, 0.3) is 10.9 Å². The molecule has 1 saturated carbocycles. The van der Waals surface area contributed by atoms with Crippen molar-refractivity contribution >= 4 is 20.7 Å². The Labute approximate surface area is 132 Å². The molecule has 2 aromatic rings. The maximum Gasteiger partial charge on any atom is 0.151 e. The van der Waals surface area contributed by atoms with E-state index in [1.807, 2.05) is 37.4 Å². The lowest BCUT2D eigenvalue weighted by Crippen LogP contribution is -2.41. The minimum atomic E-state index is -2.99. The molecule has 1 aliphatic rings. The number of hydrogen-bond donors (Lipinski definition) is 0. The molecular weight excluding hydrogens is 296 g/mol. The number of para-hydroxylation sites is 1. The molecule has 1 heterocycles. The zero-order chi connectivity index (χ0) is 15.7. The standard InChI is InChI=1S/C17H22N2O2S/c1-19(16-8-5-9-17(16)22(2,20)21)12-14-11-10-13-6-3-4-7-15(13)18-14/h3-4,6-7,10-11,16-17H,5,8-9,12H2,1-2H3/t16-,17+/m0/s1. The van der Waals surface area contributed by atoms with Gasteiger partial charge in [0.05, 0.1) is 16.5 Å². The molecule has 1 fully saturated rings. The Hall–Kier alpha value is -1.46. The Morgan fingerprint density at radius 3 is 2.73 bits per heavy atom. The number of benzene rings is 1. The molecule has 0 saturated heterocycles. The second-order valence-corrected chi connectivity index (χ2v) is 8.54. The molecule has 0 aliphatic heterocycles. The highest BCUT2D eigenvalue weighted by atomic mass is 32.2. The van der Waals surface area contributed by atoms with Gasteiger partial charge in [0.1, 0.15) is 0 Å². The molecule has 0 radical (unpaired) electrons. The predicted octanol–water partition coefficient (Wildman–Crippen LogP) is 2.63. The molecule has 1 aromatic carbocycles. The first kappa shape index (κ1) is 15.4. The molecule has 1 aliphatic carbocycles. The van der Waals surface area contributed by atoms with Crippen LogP contribution in [0.5, 0.6) is 0 Å². The fourth-order valence-corrected chi connectivity index (χ4v) is 4.99. The number of nitrogens with zero attached hydrogens (tertiary/aromatic N) is 2. The van der Waals surface area contributed by atoms with Gasteiger partial charge in [-0.05, 0) is 32.0 Å². The Kier molecular flexibility index (Phi) is 4.19. The quantitative estimate of drug-likeness (QED) is 0.869. The number of pyridine rings is 1. The molecule has 5 heteroatoms. The highest BCUT2D eigenvalue weighted by Gasteiger charge is 2.37. The minimum Gasteiger partial charge on any atom is -0.296 e. The number of hydrogen-bond acceptors (Lipinski definition) is 4. The Balaban J connectivity index is 1.79. The van der Waals surface area contributed by atoms with Gasteiger partial charge in [0, 0.05) is 24.2 Å². The van der Waals surface area contributed by atoms with Crippen LogP contribution in [0, 0.1) is 0 Å². The van der Waals surface area contributed by atoms with Crippen LogP contribution >= 0.6 is 0 Å². The highest BCUT2D eigenvalue weighted by molar-refractivity contribution is 7.91. The second-order valence-electron chi connectivity index (χ2n) is 6.28. The van der Waals surface area contributed by atoms with Crippen molar-refractivity contribution in [3.63, 3.8) is 0 Å². The number of fused-ring (bicyclic) bond motifs is 1. The lowest BCUT2D eigenvalue weighted by molar-refractivity contribution is 0.236. The molecule has 2 atom stereocenters. The third kappa shape index (κ3) is 3.15. The van der Waals surface area contributed by atoms with Gasteiger partial charge in [0.25, 0.3) is 0 Å². The van der Waals surface area contributed by atoms with Gasteiger partial charge in [-0.2, -0.15) is 0 Å². The van der Waals surface area contributed by atoms with Crippen LogP contribution < -0.4 is 0 Å². The largest absolute Gasteiger partial charge is 0.296 e. The summed E-state index contributed by atoms with van der Waals surface area (Å²) in [5.41, 5.74) is 1.97. The van der Waals surface area contributed by atoms with E-state index in [1.54, 1.807) is 0 Å². The van der Waals surface area contributed by atoms with Gasteiger partial charge >= 0.3 is 0 Å². The normalized spacial score (nSPS) is 22.5. The third-order valence-corrected chi connectivity index (χ3v) is 6.25. The van der Waals surface area contributed by atoms with E-state index >= 15 is 0 Å². The van der Waals surface area contributed by atoms with E-state index in [0.29, 0.717) is 6.54 Å². The van der Waals surface area contributed by atoms with Crippen molar-refractivity contribution in [1.29, 1.82) is 0 Å².